The Balaban J connectivity index is 3.11. The van der Waals surface area contributed by atoms with Gasteiger partial charge in [-0.3, -0.25) is 0 Å². The number of benzene rings is 1. The Kier molecular flexibility index (Phi) is 3.46. The molecule has 1 aromatic rings. The number of carbonyl (C=O) groups excluding carboxylic acids is 1. The monoisotopic (exact) mass is 262 g/mol. The topological polar surface area (TPSA) is 46.5 Å². The molecule has 0 atom stereocenters. The molecule has 0 unspecified atom stereocenters. The molecule has 0 aliphatic rings. The second-order valence-corrected chi connectivity index (χ2v) is 3.27. The fraction of sp³-hybridized carbons (Fsp3) is 0.222. The predicted octanol–water partition coefficient (Wildman–Crippen LogP) is 2.47. The first-order valence-electron chi connectivity index (χ1n) is 3.92. The van der Waals surface area contributed by atoms with Crippen LogP contribution in [0.1, 0.15) is 17.3 Å². The van der Waals surface area contributed by atoms with Gasteiger partial charge < -0.3 is 9.84 Å². The van der Waals surface area contributed by atoms with Crippen LogP contribution in [0.4, 0.5) is 4.39 Å². The van der Waals surface area contributed by atoms with Crippen molar-refractivity contribution in [3.63, 3.8) is 0 Å². The molecule has 0 saturated heterocycles. The predicted molar refractivity (Wildman–Crippen MR) is 51.7 cm³/mol. The van der Waals surface area contributed by atoms with Gasteiger partial charge in [0.2, 0.25) is 0 Å². The summed E-state index contributed by atoms with van der Waals surface area (Å²) in [5.74, 6) is -1.98. The summed E-state index contributed by atoms with van der Waals surface area (Å²) in [4.78, 5) is 11.2. The van der Waals surface area contributed by atoms with Gasteiger partial charge in [0, 0.05) is 0 Å². The molecule has 0 fully saturated rings. The van der Waals surface area contributed by atoms with Crippen molar-refractivity contribution < 1.29 is 19.0 Å². The molecular formula is C9H8BrFO3. The summed E-state index contributed by atoms with van der Waals surface area (Å²) in [5.41, 5.74) is 0.103. The summed E-state index contributed by atoms with van der Waals surface area (Å²) < 4.78 is 17.5. The van der Waals surface area contributed by atoms with Gasteiger partial charge in [-0.05, 0) is 35.0 Å². The van der Waals surface area contributed by atoms with Crippen molar-refractivity contribution in [2.24, 2.45) is 0 Å². The standard InChI is InChI=1S/C9H8BrFO3/c1-2-14-9(13)5-3-4-6(11)8(12)7(5)10/h3-4,12H,2H2,1H3. The van der Waals surface area contributed by atoms with Crippen molar-refractivity contribution in [1.29, 1.82) is 0 Å². The minimum absolute atomic E-state index is 0.0101. The number of halogens is 2. The maximum absolute atomic E-state index is 12.8. The number of esters is 1. The molecule has 1 N–H and O–H groups in total. The highest BCUT2D eigenvalue weighted by molar-refractivity contribution is 9.10. The van der Waals surface area contributed by atoms with Crippen LogP contribution in [0.25, 0.3) is 0 Å². The second-order valence-electron chi connectivity index (χ2n) is 2.48. The summed E-state index contributed by atoms with van der Waals surface area (Å²) in [7, 11) is 0. The number of phenols is 1. The summed E-state index contributed by atoms with van der Waals surface area (Å²) in [6.45, 7) is 1.89. The molecule has 0 bridgehead atoms. The van der Waals surface area contributed by atoms with Crippen molar-refractivity contribution in [3.05, 3.63) is 28.0 Å². The van der Waals surface area contributed by atoms with Crippen LogP contribution in [0, 0.1) is 5.82 Å². The normalized spacial score (nSPS) is 9.93. The molecular weight excluding hydrogens is 255 g/mol. The second kappa shape index (κ2) is 4.41. The van der Waals surface area contributed by atoms with E-state index in [0.29, 0.717) is 0 Å². The Morgan fingerprint density at radius 2 is 2.29 bits per heavy atom. The molecule has 14 heavy (non-hydrogen) atoms. The largest absolute Gasteiger partial charge is 0.504 e. The highest BCUT2D eigenvalue weighted by atomic mass is 79.9. The molecule has 0 radical (unpaired) electrons. The van der Waals surface area contributed by atoms with E-state index in [1.54, 1.807) is 6.92 Å². The first kappa shape index (κ1) is 11.0. The lowest BCUT2D eigenvalue weighted by molar-refractivity contribution is 0.0524. The van der Waals surface area contributed by atoms with Crippen LogP contribution in [0.2, 0.25) is 0 Å². The van der Waals surface area contributed by atoms with Gasteiger partial charge in [-0.25, -0.2) is 9.18 Å². The fourth-order valence-electron chi connectivity index (χ4n) is 0.907. The van der Waals surface area contributed by atoms with Crippen LogP contribution < -0.4 is 0 Å². The average Bonchev–Trinajstić information content (AvgIpc) is 2.15. The van der Waals surface area contributed by atoms with E-state index in [-0.39, 0.29) is 16.6 Å². The van der Waals surface area contributed by atoms with E-state index in [2.05, 4.69) is 15.9 Å². The number of aromatic hydroxyl groups is 1. The number of rotatable bonds is 2. The molecule has 1 aromatic carbocycles. The average molecular weight is 263 g/mol. The van der Waals surface area contributed by atoms with Crippen LogP contribution in [0.3, 0.4) is 0 Å². The lowest BCUT2D eigenvalue weighted by Crippen LogP contribution is -2.05. The number of hydrogen-bond donors (Lipinski definition) is 1. The zero-order valence-electron chi connectivity index (χ0n) is 7.38. The maximum atomic E-state index is 12.8. The van der Waals surface area contributed by atoms with Crippen molar-refractivity contribution in [1.82, 2.24) is 0 Å². The Labute approximate surface area is 88.6 Å². The van der Waals surface area contributed by atoms with Crippen molar-refractivity contribution >= 4 is 21.9 Å². The van der Waals surface area contributed by atoms with E-state index >= 15 is 0 Å². The number of ether oxygens (including phenoxy) is 1. The van der Waals surface area contributed by atoms with Crippen LogP contribution in [0.15, 0.2) is 16.6 Å². The van der Waals surface area contributed by atoms with Crippen molar-refractivity contribution in [2.45, 2.75) is 6.92 Å². The summed E-state index contributed by atoms with van der Waals surface area (Å²) in [6.07, 6.45) is 0. The fourth-order valence-corrected chi connectivity index (χ4v) is 1.39. The van der Waals surface area contributed by atoms with Crippen LogP contribution in [-0.2, 0) is 4.74 Å². The molecule has 1 rings (SSSR count). The Bertz CT molecular complexity index is 365. The highest BCUT2D eigenvalue weighted by Gasteiger charge is 2.16. The summed E-state index contributed by atoms with van der Waals surface area (Å²) in [5, 5.41) is 9.17. The van der Waals surface area contributed by atoms with E-state index in [1.165, 1.54) is 6.07 Å². The van der Waals surface area contributed by atoms with Crippen LogP contribution in [-0.4, -0.2) is 17.7 Å². The van der Waals surface area contributed by atoms with Gasteiger partial charge in [0.15, 0.2) is 11.6 Å². The number of carbonyl (C=O) groups is 1. The SMILES string of the molecule is CCOC(=O)c1ccc(F)c(O)c1Br. The van der Waals surface area contributed by atoms with E-state index in [4.69, 9.17) is 4.74 Å². The Morgan fingerprint density at radius 1 is 1.64 bits per heavy atom. The lowest BCUT2D eigenvalue weighted by atomic mass is 10.2. The van der Waals surface area contributed by atoms with E-state index < -0.39 is 17.5 Å². The zero-order chi connectivity index (χ0) is 10.7. The van der Waals surface area contributed by atoms with Gasteiger partial charge in [0.25, 0.3) is 0 Å². The third kappa shape index (κ3) is 2.04. The molecule has 0 amide bonds. The lowest BCUT2D eigenvalue weighted by Gasteiger charge is -2.05. The van der Waals surface area contributed by atoms with Gasteiger partial charge >= 0.3 is 5.97 Å². The molecule has 76 valence electrons. The highest BCUT2D eigenvalue weighted by Crippen LogP contribution is 2.30. The van der Waals surface area contributed by atoms with Crippen LogP contribution in [0.5, 0.6) is 5.75 Å². The first-order valence-corrected chi connectivity index (χ1v) is 4.71. The Hall–Kier alpha value is -1.10. The minimum Gasteiger partial charge on any atom is -0.504 e. The van der Waals surface area contributed by atoms with Gasteiger partial charge in [-0.1, -0.05) is 0 Å². The minimum atomic E-state index is -0.787. The molecule has 3 nitrogen and oxygen atoms in total. The summed E-state index contributed by atoms with van der Waals surface area (Å²) >= 11 is 2.91. The quantitative estimate of drug-likeness (QED) is 0.834. The van der Waals surface area contributed by atoms with Crippen molar-refractivity contribution in [2.75, 3.05) is 6.61 Å². The third-order valence-electron chi connectivity index (χ3n) is 1.56. The first-order chi connectivity index (χ1) is 6.57. The van der Waals surface area contributed by atoms with Crippen molar-refractivity contribution in [3.8, 4) is 5.75 Å². The zero-order valence-corrected chi connectivity index (χ0v) is 8.97. The van der Waals surface area contributed by atoms with E-state index in [1.807, 2.05) is 0 Å². The molecule has 0 saturated carbocycles. The smallest absolute Gasteiger partial charge is 0.339 e. The van der Waals surface area contributed by atoms with Gasteiger partial charge in [0.05, 0.1) is 16.6 Å². The Morgan fingerprint density at radius 3 is 2.86 bits per heavy atom. The maximum Gasteiger partial charge on any atom is 0.339 e. The number of hydrogen-bond acceptors (Lipinski definition) is 3. The molecule has 5 heteroatoms. The third-order valence-corrected chi connectivity index (χ3v) is 2.37. The van der Waals surface area contributed by atoms with Gasteiger partial charge in [-0.2, -0.15) is 0 Å². The summed E-state index contributed by atoms with van der Waals surface area (Å²) in [6, 6.07) is 2.25. The molecule has 0 heterocycles. The van der Waals surface area contributed by atoms with Gasteiger partial charge in [-0.15, -0.1) is 0 Å². The molecule has 0 aliphatic carbocycles. The molecule has 0 aromatic heterocycles. The molecule has 0 aliphatic heterocycles. The molecule has 0 spiro atoms. The van der Waals surface area contributed by atoms with Crippen LogP contribution >= 0.6 is 15.9 Å². The van der Waals surface area contributed by atoms with E-state index in [0.717, 1.165) is 6.07 Å². The number of phenolic OH excluding ortho intramolecular Hbond substituents is 1. The van der Waals surface area contributed by atoms with Gasteiger partial charge in [0.1, 0.15) is 0 Å². The van der Waals surface area contributed by atoms with E-state index in [9.17, 15) is 14.3 Å².